The monoisotopic (exact) mass is 304 g/mol. The number of aromatic nitrogens is 2. The highest BCUT2D eigenvalue weighted by molar-refractivity contribution is 6.17. The van der Waals surface area contributed by atoms with Gasteiger partial charge in [0.25, 0.3) is 0 Å². The minimum absolute atomic E-state index is 0.267. The van der Waals surface area contributed by atoms with Gasteiger partial charge in [-0.2, -0.15) is 13.2 Å². The number of halogens is 3. The molecule has 0 unspecified atom stereocenters. The van der Waals surface area contributed by atoms with Crippen LogP contribution >= 0.6 is 0 Å². The molecule has 0 bridgehead atoms. The van der Waals surface area contributed by atoms with Gasteiger partial charge >= 0.3 is 6.18 Å². The van der Waals surface area contributed by atoms with Crippen LogP contribution in [0.2, 0.25) is 0 Å². The topological polar surface area (TPSA) is 45.8 Å². The zero-order chi connectivity index (χ0) is 15.9. The largest absolute Gasteiger partial charge is 0.416 e. The van der Waals surface area contributed by atoms with Gasteiger partial charge in [-0.3, -0.25) is 9.78 Å². The molecule has 0 atom stereocenters. The lowest BCUT2D eigenvalue weighted by Crippen LogP contribution is -2.05. The number of hydrogen-bond acceptors (Lipinski definition) is 2. The van der Waals surface area contributed by atoms with Crippen LogP contribution in [-0.4, -0.2) is 15.8 Å². The van der Waals surface area contributed by atoms with Crippen LogP contribution in [0.3, 0.4) is 0 Å². The Hall–Kier alpha value is -2.63. The Morgan fingerprint density at radius 3 is 2.64 bits per heavy atom. The Labute approximate surface area is 123 Å². The number of carbonyl (C=O) groups is 1. The molecule has 3 aromatic rings. The smallest absolute Gasteiger partial charge is 0.358 e. The first kappa shape index (κ1) is 14.3. The molecule has 0 spiro atoms. The number of aryl methyl sites for hydroxylation is 1. The fourth-order valence-corrected chi connectivity index (χ4v) is 2.44. The van der Waals surface area contributed by atoms with Crippen molar-refractivity contribution in [3.8, 4) is 0 Å². The van der Waals surface area contributed by atoms with Gasteiger partial charge < -0.3 is 4.98 Å². The molecule has 0 radical (unpaired) electrons. The molecule has 0 aliphatic rings. The van der Waals surface area contributed by atoms with E-state index in [1.807, 2.05) is 0 Å². The molecular weight excluding hydrogens is 293 g/mol. The minimum Gasteiger partial charge on any atom is -0.358 e. The average molecular weight is 304 g/mol. The second-order valence-electron chi connectivity index (χ2n) is 4.95. The van der Waals surface area contributed by atoms with Crippen LogP contribution in [0.4, 0.5) is 13.2 Å². The molecule has 6 heteroatoms. The highest BCUT2D eigenvalue weighted by atomic mass is 19.4. The summed E-state index contributed by atoms with van der Waals surface area (Å²) in [5.74, 6) is -0.267. The summed E-state index contributed by atoms with van der Waals surface area (Å²) >= 11 is 0. The van der Waals surface area contributed by atoms with Gasteiger partial charge in [-0.05, 0) is 31.2 Å². The van der Waals surface area contributed by atoms with Crippen molar-refractivity contribution in [1.82, 2.24) is 9.97 Å². The third kappa shape index (κ3) is 2.36. The summed E-state index contributed by atoms with van der Waals surface area (Å²) in [7, 11) is 0. The van der Waals surface area contributed by atoms with Gasteiger partial charge in [-0.15, -0.1) is 0 Å². The third-order valence-electron chi connectivity index (χ3n) is 3.46. The summed E-state index contributed by atoms with van der Waals surface area (Å²) in [5, 5.41) is 0.472. The molecule has 0 aliphatic heterocycles. The van der Waals surface area contributed by atoms with E-state index in [0.717, 1.165) is 12.1 Å². The van der Waals surface area contributed by atoms with Gasteiger partial charge in [-0.1, -0.05) is 6.07 Å². The lowest BCUT2D eigenvalue weighted by Gasteiger charge is -2.06. The fraction of sp³-hybridized carbons (Fsp3) is 0.125. The summed E-state index contributed by atoms with van der Waals surface area (Å²) in [5.41, 5.74) is 0.840. The van der Waals surface area contributed by atoms with E-state index in [1.165, 1.54) is 12.3 Å². The lowest BCUT2D eigenvalue weighted by molar-refractivity contribution is -0.137. The van der Waals surface area contributed by atoms with Crippen molar-refractivity contribution >= 4 is 16.7 Å². The second-order valence-corrected chi connectivity index (χ2v) is 4.95. The Kier molecular flexibility index (Phi) is 3.24. The van der Waals surface area contributed by atoms with Crippen LogP contribution in [0, 0.1) is 6.92 Å². The molecule has 22 heavy (non-hydrogen) atoms. The van der Waals surface area contributed by atoms with Crippen LogP contribution in [0.5, 0.6) is 0 Å². The summed E-state index contributed by atoms with van der Waals surface area (Å²) < 4.78 is 38.3. The predicted octanol–water partition coefficient (Wildman–Crippen LogP) is 4.12. The number of aromatic amines is 1. The minimum atomic E-state index is -4.42. The highest BCUT2D eigenvalue weighted by Gasteiger charge is 2.31. The maximum Gasteiger partial charge on any atom is 0.416 e. The van der Waals surface area contributed by atoms with E-state index in [0.29, 0.717) is 27.7 Å². The van der Waals surface area contributed by atoms with Gasteiger partial charge in [-0.25, -0.2) is 0 Å². The molecular formula is C16H11F3N2O. The zero-order valence-corrected chi connectivity index (χ0v) is 11.5. The number of hydrogen-bond donors (Lipinski definition) is 1. The maximum absolute atomic E-state index is 12.8. The van der Waals surface area contributed by atoms with Crippen molar-refractivity contribution < 1.29 is 18.0 Å². The van der Waals surface area contributed by atoms with Gasteiger partial charge in [0, 0.05) is 34.6 Å². The summed E-state index contributed by atoms with van der Waals surface area (Å²) in [6.07, 6.45) is -1.43. The first-order valence-corrected chi connectivity index (χ1v) is 6.52. The first-order chi connectivity index (χ1) is 10.4. The molecule has 0 aliphatic carbocycles. The molecule has 0 saturated heterocycles. The predicted molar refractivity (Wildman–Crippen MR) is 75.7 cm³/mol. The Balaban J connectivity index is 2.15. The molecule has 2 aromatic heterocycles. The van der Waals surface area contributed by atoms with E-state index >= 15 is 0 Å². The number of fused-ring (bicyclic) bond motifs is 1. The summed E-state index contributed by atoms with van der Waals surface area (Å²) in [6, 6.07) is 6.58. The quantitative estimate of drug-likeness (QED) is 0.724. The van der Waals surface area contributed by atoms with E-state index in [9.17, 15) is 18.0 Å². The van der Waals surface area contributed by atoms with Crippen LogP contribution in [0.25, 0.3) is 10.9 Å². The number of H-pyrrole nitrogens is 1. The summed E-state index contributed by atoms with van der Waals surface area (Å²) in [4.78, 5) is 19.3. The number of ketones is 1. The van der Waals surface area contributed by atoms with Crippen molar-refractivity contribution in [3.63, 3.8) is 0 Å². The van der Waals surface area contributed by atoms with Gasteiger partial charge in [0.05, 0.1) is 11.1 Å². The molecule has 0 fully saturated rings. The first-order valence-electron chi connectivity index (χ1n) is 6.52. The second kappa shape index (κ2) is 4.98. The van der Waals surface area contributed by atoms with Crippen LogP contribution in [0.15, 0.2) is 42.7 Å². The Bertz CT molecular complexity index is 851. The fourth-order valence-electron chi connectivity index (χ4n) is 2.44. The van der Waals surface area contributed by atoms with E-state index in [-0.39, 0.29) is 5.78 Å². The zero-order valence-electron chi connectivity index (χ0n) is 11.5. The number of nitrogens with zero attached hydrogens (tertiary/aromatic N) is 1. The molecule has 3 nitrogen and oxygen atoms in total. The van der Waals surface area contributed by atoms with Crippen molar-refractivity contribution in [2.75, 3.05) is 0 Å². The number of rotatable bonds is 2. The van der Waals surface area contributed by atoms with Crippen LogP contribution < -0.4 is 0 Å². The van der Waals surface area contributed by atoms with Gasteiger partial charge in [0.2, 0.25) is 0 Å². The van der Waals surface area contributed by atoms with Gasteiger partial charge in [0.1, 0.15) is 0 Å². The van der Waals surface area contributed by atoms with E-state index in [1.54, 1.807) is 25.3 Å². The Morgan fingerprint density at radius 2 is 2.00 bits per heavy atom. The van der Waals surface area contributed by atoms with Crippen molar-refractivity contribution in [2.24, 2.45) is 0 Å². The Morgan fingerprint density at radius 1 is 1.23 bits per heavy atom. The molecule has 3 rings (SSSR count). The number of nitrogens with one attached hydrogen (secondary N) is 1. The average Bonchev–Trinajstić information content (AvgIpc) is 2.81. The van der Waals surface area contributed by atoms with E-state index < -0.39 is 11.7 Å². The molecule has 0 saturated carbocycles. The van der Waals surface area contributed by atoms with Crippen molar-refractivity contribution in [2.45, 2.75) is 13.1 Å². The van der Waals surface area contributed by atoms with E-state index in [2.05, 4.69) is 9.97 Å². The SMILES string of the molecule is Cc1[nH]c2cc(C(F)(F)F)ccc2c1C(=O)c1cccnc1. The maximum atomic E-state index is 12.8. The molecule has 2 heterocycles. The molecule has 112 valence electrons. The standard InChI is InChI=1S/C16H11F3N2O/c1-9-14(15(22)10-3-2-6-20-8-10)12-5-4-11(16(17,18)19)7-13(12)21-9/h2-8,21H,1H3. The number of carbonyl (C=O) groups excluding carboxylic acids is 1. The van der Waals surface area contributed by atoms with Crippen molar-refractivity contribution in [1.29, 1.82) is 0 Å². The third-order valence-corrected chi connectivity index (χ3v) is 3.46. The molecule has 1 aromatic carbocycles. The van der Waals surface area contributed by atoms with Gasteiger partial charge in [0.15, 0.2) is 5.78 Å². The number of pyridine rings is 1. The summed E-state index contributed by atoms with van der Waals surface area (Å²) in [6.45, 7) is 1.66. The molecule has 1 N–H and O–H groups in total. The highest BCUT2D eigenvalue weighted by Crippen LogP contribution is 2.33. The van der Waals surface area contributed by atoms with E-state index in [4.69, 9.17) is 0 Å². The van der Waals surface area contributed by atoms with Crippen LogP contribution in [0.1, 0.15) is 27.2 Å². The van der Waals surface area contributed by atoms with Crippen molar-refractivity contribution in [3.05, 3.63) is 65.1 Å². The lowest BCUT2D eigenvalue weighted by atomic mass is 10.0. The molecule has 0 amide bonds. The van der Waals surface area contributed by atoms with Crippen LogP contribution in [-0.2, 0) is 6.18 Å². The number of benzene rings is 1. The normalized spacial score (nSPS) is 11.8. The number of alkyl halides is 3.